The standard InChI is InChI=1S/C14H18BrF2N/c1-2-18(10-5-3-4-6-10)9-11-13(16)8-7-12(15)14(11)17/h7-8,10H,2-6,9H2,1H3. The van der Waals surface area contributed by atoms with Gasteiger partial charge in [-0.2, -0.15) is 0 Å². The minimum Gasteiger partial charge on any atom is -0.296 e. The Morgan fingerprint density at radius 2 is 1.94 bits per heavy atom. The first kappa shape index (κ1) is 13.9. The van der Waals surface area contributed by atoms with E-state index in [1.54, 1.807) is 0 Å². The van der Waals surface area contributed by atoms with E-state index in [0.717, 1.165) is 19.4 Å². The molecule has 0 amide bonds. The molecule has 0 heterocycles. The molecule has 1 aromatic rings. The van der Waals surface area contributed by atoms with Crippen LogP contribution >= 0.6 is 15.9 Å². The summed E-state index contributed by atoms with van der Waals surface area (Å²) in [4.78, 5) is 2.18. The van der Waals surface area contributed by atoms with Crippen LogP contribution in [0.3, 0.4) is 0 Å². The maximum Gasteiger partial charge on any atom is 0.144 e. The highest BCUT2D eigenvalue weighted by Gasteiger charge is 2.23. The molecule has 0 unspecified atom stereocenters. The molecule has 100 valence electrons. The maximum atomic E-state index is 13.9. The van der Waals surface area contributed by atoms with E-state index in [1.807, 2.05) is 6.92 Å². The molecule has 1 nitrogen and oxygen atoms in total. The van der Waals surface area contributed by atoms with Crippen LogP contribution in [0.1, 0.15) is 38.2 Å². The van der Waals surface area contributed by atoms with Crippen LogP contribution in [0.25, 0.3) is 0 Å². The highest BCUT2D eigenvalue weighted by molar-refractivity contribution is 9.10. The summed E-state index contributed by atoms with van der Waals surface area (Å²) in [5.74, 6) is -0.918. The minimum atomic E-state index is -0.466. The third-order valence-electron chi connectivity index (χ3n) is 3.75. The van der Waals surface area contributed by atoms with Gasteiger partial charge in [0.15, 0.2) is 0 Å². The van der Waals surface area contributed by atoms with Gasteiger partial charge in [-0.25, -0.2) is 8.78 Å². The van der Waals surface area contributed by atoms with E-state index in [-0.39, 0.29) is 5.56 Å². The lowest BCUT2D eigenvalue weighted by atomic mass is 10.1. The minimum absolute atomic E-state index is 0.179. The van der Waals surface area contributed by atoms with Gasteiger partial charge in [0.2, 0.25) is 0 Å². The highest BCUT2D eigenvalue weighted by atomic mass is 79.9. The Bertz CT molecular complexity index is 417. The predicted molar refractivity (Wildman–Crippen MR) is 72.4 cm³/mol. The lowest BCUT2D eigenvalue weighted by molar-refractivity contribution is 0.195. The van der Waals surface area contributed by atoms with Crippen LogP contribution in [0.5, 0.6) is 0 Å². The fourth-order valence-corrected chi connectivity index (χ4v) is 3.06. The normalized spacial score (nSPS) is 16.7. The second-order valence-corrected chi connectivity index (χ2v) is 5.68. The molecule has 0 atom stereocenters. The second kappa shape index (κ2) is 6.11. The first-order valence-corrected chi connectivity index (χ1v) is 7.29. The third-order valence-corrected chi connectivity index (χ3v) is 4.36. The van der Waals surface area contributed by atoms with Crippen molar-refractivity contribution in [3.63, 3.8) is 0 Å². The predicted octanol–water partition coefficient (Wildman–Crippen LogP) is 4.49. The van der Waals surface area contributed by atoms with Crippen LogP contribution < -0.4 is 0 Å². The van der Waals surface area contributed by atoms with Crippen LogP contribution in [-0.2, 0) is 6.54 Å². The fourth-order valence-electron chi connectivity index (χ4n) is 2.69. The largest absolute Gasteiger partial charge is 0.296 e. The van der Waals surface area contributed by atoms with Gasteiger partial charge in [-0.3, -0.25) is 4.90 Å². The van der Waals surface area contributed by atoms with Crippen molar-refractivity contribution < 1.29 is 8.78 Å². The van der Waals surface area contributed by atoms with E-state index in [9.17, 15) is 8.78 Å². The molecule has 1 aliphatic carbocycles. The van der Waals surface area contributed by atoms with E-state index >= 15 is 0 Å². The molecule has 18 heavy (non-hydrogen) atoms. The zero-order valence-electron chi connectivity index (χ0n) is 10.6. The van der Waals surface area contributed by atoms with Crippen LogP contribution in [0, 0.1) is 11.6 Å². The molecule has 1 fully saturated rings. The molecular formula is C14H18BrF2N. The summed E-state index contributed by atoms with van der Waals surface area (Å²) < 4.78 is 28.0. The van der Waals surface area contributed by atoms with Gasteiger partial charge < -0.3 is 0 Å². The molecule has 1 saturated carbocycles. The quantitative estimate of drug-likeness (QED) is 0.739. The first-order chi connectivity index (χ1) is 8.63. The molecule has 0 aromatic heterocycles. The molecule has 1 aliphatic rings. The highest BCUT2D eigenvalue weighted by Crippen LogP contribution is 2.27. The first-order valence-electron chi connectivity index (χ1n) is 6.50. The molecule has 0 N–H and O–H groups in total. The summed E-state index contributed by atoms with van der Waals surface area (Å²) in [7, 11) is 0. The van der Waals surface area contributed by atoms with Crippen molar-refractivity contribution >= 4 is 15.9 Å². The molecule has 0 spiro atoms. The number of rotatable bonds is 4. The molecule has 0 radical (unpaired) electrons. The van der Waals surface area contributed by atoms with Crippen molar-refractivity contribution in [2.75, 3.05) is 6.54 Å². The summed E-state index contributed by atoms with van der Waals surface area (Å²) in [6.07, 6.45) is 4.74. The number of benzene rings is 1. The third kappa shape index (κ3) is 2.91. The van der Waals surface area contributed by atoms with Gasteiger partial charge in [0, 0.05) is 18.2 Å². The lowest BCUT2D eigenvalue weighted by Crippen LogP contribution is -2.33. The average Bonchev–Trinajstić information content (AvgIpc) is 2.88. The fraction of sp³-hybridized carbons (Fsp3) is 0.571. The smallest absolute Gasteiger partial charge is 0.144 e. The monoisotopic (exact) mass is 317 g/mol. The molecular weight excluding hydrogens is 300 g/mol. The molecule has 0 saturated heterocycles. The van der Waals surface area contributed by atoms with Crippen LogP contribution in [-0.4, -0.2) is 17.5 Å². The van der Waals surface area contributed by atoms with Crippen LogP contribution in [0.15, 0.2) is 16.6 Å². The Hall–Kier alpha value is -0.480. The summed E-state index contributed by atoms with van der Waals surface area (Å²) >= 11 is 3.12. The topological polar surface area (TPSA) is 3.24 Å². The second-order valence-electron chi connectivity index (χ2n) is 4.82. The Balaban J connectivity index is 2.18. The summed E-state index contributed by atoms with van der Waals surface area (Å²) in [6, 6.07) is 3.22. The maximum absolute atomic E-state index is 13.9. The Kier molecular flexibility index (Phi) is 4.73. The van der Waals surface area contributed by atoms with Crippen molar-refractivity contribution in [2.45, 2.75) is 45.2 Å². The summed E-state index contributed by atoms with van der Waals surface area (Å²) in [5.41, 5.74) is 0.179. The van der Waals surface area contributed by atoms with Crippen LogP contribution in [0.2, 0.25) is 0 Å². The zero-order chi connectivity index (χ0) is 13.1. The zero-order valence-corrected chi connectivity index (χ0v) is 12.1. The Morgan fingerprint density at radius 3 is 2.56 bits per heavy atom. The Labute approximate surface area is 115 Å². The van der Waals surface area contributed by atoms with E-state index in [4.69, 9.17) is 0 Å². The summed E-state index contributed by atoms with van der Waals surface area (Å²) in [5, 5.41) is 0. The van der Waals surface area contributed by atoms with Gasteiger partial charge >= 0.3 is 0 Å². The van der Waals surface area contributed by atoms with Crippen molar-refractivity contribution in [1.29, 1.82) is 0 Å². The van der Waals surface area contributed by atoms with Gasteiger partial charge in [-0.1, -0.05) is 19.8 Å². The average molecular weight is 318 g/mol. The number of hydrogen-bond donors (Lipinski definition) is 0. The van der Waals surface area contributed by atoms with Crippen molar-refractivity contribution in [3.05, 3.63) is 33.8 Å². The van der Waals surface area contributed by atoms with Gasteiger partial charge in [0.05, 0.1) is 4.47 Å². The van der Waals surface area contributed by atoms with Gasteiger partial charge in [0.25, 0.3) is 0 Å². The van der Waals surface area contributed by atoms with Crippen molar-refractivity contribution in [2.24, 2.45) is 0 Å². The van der Waals surface area contributed by atoms with Gasteiger partial charge in [-0.15, -0.1) is 0 Å². The van der Waals surface area contributed by atoms with E-state index in [0.29, 0.717) is 17.1 Å². The van der Waals surface area contributed by atoms with E-state index in [1.165, 1.54) is 25.0 Å². The number of nitrogens with zero attached hydrogens (tertiary/aromatic N) is 1. The van der Waals surface area contributed by atoms with Crippen molar-refractivity contribution in [1.82, 2.24) is 4.90 Å². The summed E-state index contributed by atoms with van der Waals surface area (Å²) in [6.45, 7) is 3.24. The van der Waals surface area contributed by atoms with Crippen molar-refractivity contribution in [3.8, 4) is 0 Å². The lowest BCUT2D eigenvalue weighted by Gasteiger charge is -2.27. The van der Waals surface area contributed by atoms with Crippen LogP contribution in [0.4, 0.5) is 8.78 Å². The van der Waals surface area contributed by atoms with E-state index in [2.05, 4.69) is 20.8 Å². The molecule has 1 aromatic carbocycles. The number of hydrogen-bond acceptors (Lipinski definition) is 1. The molecule has 2 rings (SSSR count). The molecule has 4 heteroatoms. The molecule has 0 bridgehead atoms. The Morgan fingerprint density at radius 1 is 1.28 bits per heavy atom. The van der Waals surface area contributed by atoms with Gasteiger partial charge in [0.1, 0.15) is 11.6 Å². The molecule has 0 aliphatic heterocycles. The number of halogens is 3. The SMILES string of the molecule is CCN(Cc1c(F)ccc(Br)c1F)C1CCCC1. The van der Waals surface area contributed by atoms with Gasteiger partial charge in [-0.05, 0) is 47.4 Å². The van der Waals surface area contributed by atoms with E-state index < -0.39 is 11.6 Å².